The van der Waals surface area contributed by atoms with Crippen LogP contribution in [-0.2, 0) is 15.9 Å². The van der Waals surface area contributed by atoms with E-state index in [1.54, 1.807) is 24.3 Å². The lowest BCUT2D eigenvalue weighted by molar-refractivity contribution is 0.137. The highest BCUT2D eigenvalue weighted by Crippen LogP contribution is 2.49. The standard InChI is InChI=1S/C16H18N3O5P.ClH/c17-14(18)12-6-8-13(9-7-12)15(25(21,22)23)19-16(20)24-10-11-4-2-1-3-5-11;/h1-9,15H,10H2,(H3,17,18)(H,19,20)(H2,21,22,23);1H. The number of rotatable bonds is 6. The molecule has 0 heterocycles. The first-order valence-electron chi connectivity index (χ1n) is 7.24. The second-order valence-corrected chi connectivity index (χ2v) is 6.93. The molecule has 1 unspecified atom stereocenters. The number of carbonyl (C=O) groups is 1. The van der Waals surface area contributed by atoms with E-state index in [0.29, 0.717) is 5.56 Å². The Morgan fingerprint density at radius 1 is 1.15 bits per heavy atom. The quantitative estimate of drug-likeness (QED) is 0.286. The number of nitrogens with two attached hydrogens (primary N) is 1. The van der Waals surface area contributed by atoms with Gasteiger partial charge in [-0.25, -0.2) is 4.79 Å². The van der Waals surface area contributed by atoms with Crippen LogP contribution in [0.5, 0.6) is 0 Å². The van der Waals surface area contributed by atoms with Crippen molar-refractivity contribution >= 4 is 31.9 Å². The zero-order valence-electron chi connectivity index (χ0n) is 13.5. The topological polar surface area (TPSA) is 146 Å². The van der Waals surface area contributed by atoms with Crippen LogP contribution in [0.15, 0.2) is 54.6 Å². The number of halogens is 1. The lowest BCUT2D eigenvalue weighted by atomic mass is 10.1. The minimum absolute atomic E-state index is 0. The molecule has 2 rings (SSSR count). The molecule has 1 amide bonds. The van der Waals surface area contributed by atoms with Crippen molar-refractivity contribution in [2.75, 3.05) is 0 Å². The number of nitrogens with one attached hydrogen (secondary N) is 2. The normalized spacial score (nSPS) is 11.8. The zero-order chi connectivity index (χ0) is 18.4. The van der Waals surface area contributed by atoms with Gasteiger partial charge in [-0.1, -0.05) is 54.6 Å². The van der Waals surface area contributed by atoms with E-state index in [-0.39, 0.29) is 30.4 Å². The van der Waals surface area contributed by atoms with Crippen LogP contribution in [0.2, 0.25) is 0 Å². The molecule has 6 N–H and O–H groups in total. The molecule has 0 aliphatic heterocycles. The molecule has 8 nitrogen and oxygen atoms in total. The maximum atomic E-state index is 11.9. The van der Waals surface area contributed by atoms with E-state index in [9.17, 15) is 19.1 Å². The molecular weight excluding hydrogens is 381 g/mol. The Labute approximate surface area is 156 Å². The fourth-order valence-electron chi connectivity index (χ4n) is 2.08. The van der Waals surface area contributed by atoms with Crippen LogP contribution >= 0.6 is 20.0 Å². The Morgan fingerprint density at radius 3 is 2.23 bits per heavy atom. The van der Waals surface area contributed by atoms with Gasteiger partial charge in [-0.05, 0) is 11.1 Å². The van der Waals surface area contributed by atoms with Gasteiger partial charge in [0.15, 0.2) is 5.78 Å². The monoisotopic (exact) mass is 399 g/mol. The van der Waals surface area contributed by atoms with Gasteiger partial charge in [0.05, 0.1) is 0 Å². The number of amides is 1. The Bertz CT molecular complexity index is 795. The molecule has 0 bridgehead atoms. The molecule has 2 aromatic rings. The summed E-state index contributed by atoms with van der Waals surface area (Å²) in [6, 6.07) is 14.6. The van der Waals surface area contributed by atoms with E-state index in [0.717, 1.165) is 5.56 Å². The van der Waals surface area contributed by atoms with Gasteiger partial charge in [0.1, 0.15) is 12.4 Å². The first kappa shape index (κ1) is 21.7. The van der Waals surface area contributed by atoms with Crippen LogP contribution in [0, 0.1) is 5.41 Å². The first-order valence-corrected chi connectivity index (χ1v) is 8.92. The van der Waals surface area contributed by atoms with Gasteiger partial charge in [0.25, 0.3) is 0 Å². The number of hydrogen-bond acceptors (Lipinski definition) is 4. The highest BCUT2D eigenvalue weighted by Gasteiger charge is 2.32. The number of alkyl carbamates (subject to hydrolysis) is 1. The summed E-state index contributed by atoms with van der Waals surface area (Å²) < 4.78 is 16.7. The van der Waals surface area contributed by atoms with Crippen LogP contribution in [-0.4, -0.2) is 21.7 Å². The molecule has 0 fully saturated rings. The van der Waals surface area contributed by atoms with Crippen molar-refractivity contribution in [3.8, 4) is 0 Å². The summed E-state index contributed by atoms with van der Waals surface area (Å²) in [6.07, 6.45) is -0.951. The van der Waals surface area contributed by atoms with Crippen molar-refractivity contribution in [1.29, 1.82) is 5.41 Å². The van der Waals surface area contributed by atoms with Crippen LogP contribution in [0.4, 0.5) is 4.79 Å². The second kappa shape index (κ2) is 9.35. The molecule has 0 aliphatic rings. The van der Waals surface area contributed by atoms with Gasteiger partial charge in [0.2, 0.25) is 0 Å². The van der Waals surface area contributed by atoms with E-state index in [1.165, 1.54) is 24.3 Å². The number of benzene rings is 2. The van der Waals surface area contributed by atoms with Crippen LogP contribution in [0.25, 0.3) is 0 Å². The summed E-state index contributed by atoms with van der Waals surface area (Å²) in [7, 11) is -4.68. The minimum Gasteiger partial charge on any atom is -0.445 e. The third kappa shape index (κ3) is 6.16. The van der Waals surface area contributed by atoms with Crippen LogP contribution in [0.3, 0.4) is 0 Å². The van der Waals surface area contributed by atoms with Crippen molar-refractivity contribution in [1.82, 2.24) is 5.32 Å². The summed E-state index contributed by atoms with van der Waals surface area (Å²) in [5.41, 5.74) is 6.67. The van der Waals surface area contributed by atoms with E-state index >= 15 is 0 Å². The summed E-state index contributed by atoms with van der Waals surface area (Å²) >= 11 is 0. The Morgan fingerprint density at radius 2 is 1.73 bits per heavy atom. The Balaban J connectivity index is 0.00000338. The average molecular weight is 400 g/mol. The summed E-state index contributed by atoms with van der Waals surface area (Å²) in [6.45, 7) is -0.0240. The fourth-order valence-corrected chi connectivity index (χ4v) is 2.92. The van der Waals surface area contributed by atoms with Gasteiger partial charge >= 0.3 is 13.7 Å². The van der Waals surface area contributed by atoms with Gasteiger partial charge in [-0.3, -0.25) is 9.97 Å². The van der Waals surface area contributed by atoms with E-state index in [2.05, 4.69) is 5.32 Å². The number of amidine groups is 1. The lowest BCUT2D eigenvalue weighted by Gasteiger charge is -2.20. The number of hydrogen-bond donors (Lipinski definition) is 5. The second-order valence-electron chi connectivity index (χ2n) is 5.23. The highest BCUT2D eigenvalue weighted by molar-refractivity contribution is 7.52. The van der Waals surface area contributed by atoms with Gasteiger partial charge < -0.3 is 25.6 Å². The number of nitrogen functional groups attached to an aromatic ring is 1. The number of ether oxygens (including phenoxy) is 1. The molecule has 0 spiro atoms. The zero-order valence-corrected chi connectivity index (χ0v) is 15.2. The van der Waals surface area contributed by atoms with Gasteiger partial charge in [-0.2, -0.15) is 0 Å². The maximum Gasteiger partial charge on any atom is 0.408 e. The third-order valence-electron chi connectivity index (χ3n) is 3.34. The predicted molar refractivity (Wildman–Crippen MR) is 99.3 cm³/mol. The largest absolute Gasteiger partial charge is 0.445 e. The summed E-state index contributed by atoms with van der Waals surface area (Å²) in [5, 5.41) is 9.50. The molecular formula is C16H19ClN3O5P. The molecule has 1 atom stereocenters. The van der Waals surface area contributed by atoms with E-state index in [1.807, 2.05) is 6.07 Å². The van der Waals surface area contributed by atoms with Gasteiger partial charge in [0, 0.05) is 5.56 Å². The molecule has 2 aromatic carbocycles. The third-order valence-corrected chi connectivity index (χ3v) is 4.44. The summed E-state index contributed by atoms with van der Waals surface area (Å²) in [5.74, 6) is -1.73. The lowest BCUT2D eigenvalue weighted by Crippen LogP contribution is -2.29. The van der Waals surface area contributed by atoms with Gasteiger partial charge in [-0.15, -0.1) is 12.4 Å². The molecule has 140 valence electrons. The SMILES string of the molecule is Cl.N=C(N)c1ccc(C(NC(=O)OCc2ccccc2)P(=O)(O)O)cc1. The predicted octanol–water partition coefficient (Wildman–Crippen LogP) is 2.50. The Hall–Kier alpha value is -2.38. The molecule has 26 heavy (non-hydrogen) atoms. The Kier molecular flexibility index (Phi) is 7.79. The van der Waals surface area contributed by atoms with Crippen molar-refractivity contribution in [3.05, 3.63) is 71.3 Å². The molecule has 0 saturated carbocycles. The van der Waals surface area contributed by atoms with Crippen molar-refractivity contribution in [2.24, 2.45) is 5.73 Å². The molecule has 10 heteroatoms. The molecule has 0 radical (unpaired) electrons. The molecule has 0 aliphatic carbocycles. The maximum absolute atomic E-state index is 11.9. The fraction of sp³-hybridized carbons (Fsp3) is 0.125. The van der Waals surface area contributed by atoms with Crippen molar-refractivity contribution in [3.63, 3.8) is 0 Å². The van der Waals surface area contributed by atoms with E-state index < -0.39 is 19.5 Å². The van der Waals surface area contributed by atoms with Crippen LogP contribution in [0.1, 0.15) is 22.5 Å². The first-order chi connectivity index (χ1) is 11.8. The van der Waals surface area contributed by atoms with Crippen LogP contribution < -0.4 is 11.1 Å². The minimum atomic E-state index is -4.68. The van der Waals surface area contributed by atoms with Crippen molar-refractivity contribution in [2.45, 2.75) is 12.4 Å². The molecule has 0 aromatic heterocycles. The summed E-state index contributed by atoms with van der Waals surface area (Å²) in [4.78, 5) is 30.9. The van der Waals surface area contributed by atoms with Crippen molar-refractivity contribution < 1.29 is 23.9 Å². The average Bonchev–Trinajstić information content (AvgIpc) is 2.58. The molecule has 0 saturated heterocycles. The number of carbonyl (C=O) groups excluding carboxylic acids is 1. The smallest absolute Gasteiger partial charge is 0.408 e. The van der Waals surface area contributed by atoms with E-state index in [4.69, 9.17) is 15.9 Å². The highest BCUT2D eigenvalue weighted by atomic mass is 35.5.